The van der Waals surface area contributed by atoms with Crippen LogP contribution in [-0.4, -0.2) is 218 Å². The average Bonchev–Trinajstić information content (AvgIpc) is 0.806. The Morgan fingerprint density at radius 2 is 0.946 bits per heavy atom. The van der Waals surface area contributed by atoms with Crippen LogP contribution in [0.4, 0.5) is 51.7 Å². The summed E-state index contributed by atoms with van der Waals surface area (Å²) in [4.78, 5) is 50.2. The number of nitrogens with two attached hydrogens (primary N) is 1. The number of halogens is 3. The molecular weight excluding hydrogens is 1610 g/mol. The van der Waals surface area contributed by atoms with Gasteiger partial charge >= 0.3 is 0 Å². The quantitative estimate of drug-likeness (QED) is 0.0217. The van der Waals surface area contributed by atoms with Crippen LogP contribution in [0.5, 0.6) is 11.5 Å². The first kappa shape index (κ1) is 87.2. The lowest BCUT2D eigenvalue weighted by Gasteiger charge is -2.43. The van der Waals surface area contributed by atoms with Crippen molar-refractivity contribution in [3.05, 3.63) is 164 Å². The van der Waals surface area contributed by atoms with Crippen molar-refractivity contribution in [2.75, 3.05) is 165 Å². The predicted octanol–water partition coefficient (Wildman–Crippen LogP) is 15.1. The van der Waals surface area contributed by atoms with E-state index in [0.717, 1.165) is 109 Å². The number of ether oxygens (including phenoxy) is 2. The molecule has 0 spiro atoms. The molecule has 9 aromatic rings. The number of piperidine rings is 2. The number of piperazine rings is 2. The van der Waals surface area contributed by atoms with Gasteiger partial charge in [0.25, 0.3) is 10.1 Å². The minimum Gasteiger partial charge on any atom is -0.495 e. The van der Waals surface area contributed by atoms with E-state index in [4.69, 9.17) is 36.3 Å². The summed E-state index contributed by atoms with van der Waals surface area (Å²) in [6.07, 6.45) is 17.1. The van der Waals surface area contributed by atoms with Crippen molar-refractivity contribution >= 4 is 130 Å². The number of aryl methyl sites for hydroxylation is 5. The lowest BCUT2D eigenvalue weighted by atomic mass is 9.99. The highest BCUT2D eigenvalue weighted by Gasteiger charge is 2.31. The maximum atomic E-state index is 13.5. The molecule has 13 rings (SSSR count). The fraction of sp³-hybridized carbons (Fsp3) is 0.425. The summed E-state index contributed by atoms with van der Waals surface area (Å²) >= 11 is 12.9. The highest BCUT2D eigenvalue weighted by molar-refractivity contribution is 9.11. The van der Waals surface area contributed by atoms with Crippen LogP contribution in [0.2, 0.25) is 5.28 Å². The number of nitrogens with one attached hydrogen (secondary N) is 3. The highest BCUT2D eigenvalue weighted by atomic mass is 79.9. The third-order valence-corrected chi connectivity index (χ3v) is 25.3. The summed E-state index contributed by atoms with van der Waals surface area (Å²) in [5.41, 5.74) is 18.6. The maximum Gasteiger partial charge on any atom is 0.294 e. The molecule has 4 aromatic heterocycles. The zero-order valence-electron chi connectivity index (χ0n) is 65.1. The predicted molar refractivity (Wildman–Crippen MR) is 462 cm³/mol. The molecule has 4 aliphatic rings. The second kappa shape index (κ2) is 39.4. The highest BCUT2D eigenvalue weighted by Crippen LogP contribution is 2.43. The van der Waals surface area contributed by atoms with Gasteiger partial charge < -0.3 is 59.9 Å². The van der Waals surface area contributed by atoms with E-state index in [1.807, 2.05) is 57.2 Å². The van der Waals surface area contributed by atoms with Gasteiger partial charge in [-0.15, -0.1) is 0 Å². The van der Waals surface area contributed by atoms with Gasteiger partial charge in [0.2, 0.25) is 11.2 Å². The van der Waals surface area contributed by atoms with E-state index in [1.165, 1.54) is 99.6 Å². The minimum absolute atomic E-state index is 0. The van der Waals surface area contributed by atoms with Crippen molar-refractivity contribution in [3.63, 3.8) is 0 Å². The van der Waals surface area contributed by atoms with Crippen molar-refractivity contribution in [2.24, 2.45) is 0 Å². The summed E-state index contributed by atoms with van der Waals surface area (Å²) in [5.74, 6) is 4.16. The Balaban J connectivity index is 0.000000191. The fourth-order valence-electron chi connectivity index (χ4n) is 13.7. The summed E-state index contributed by atoms with van der Waals surface area (Å²) < 4.78 is 68.6. The van der Waals surface area contributed by atoms with E-state index >= 15 is 0 Å². The summed E-state index contributed by atoms with van der Waals surface area (Å²) in [6, 6.07) is 27.2. The average molecular weight is 1720 g/mol. The van der Waals surface area contributed by atoms with Crippen LogP contribution in [0, 0.1) is 20.8 Å². The van der Waals surface area contributed by atoms with Gasteiger partial charge in [-0.05, 0) is 226 Å². The van der Waals surface area contributed by atoms with Crippen LogP contribution in [0.25, 0.3) is 22.8 Å². The Morgan fingerprint density at radius 1 is 0.532 bits per heavy atom. The number of likely N-dealkylation sites (N-methyl/N-ethyl adjacent to an activating group) is 2. The standard InChI is InChI=1S/C36H47BrN9O2P.C19H32N4O.C17H16BrClN5OP.C7H8O3S.CH4/c1-7-25-18-30(32(48-4)20-31(25)46-12-10-27(11-13-46)45-16-14-44(3)15-17-45)42-36-40-23-28(37)35(43-36)41-29-9-8-26(19-33(29)49(5,6)47)34-38-21-24(2)22-39-34;1-4-15-13-17(20)19(24-3)14-18(15)23-7-5-16(6-8-23)22-11-9-21(2)10-12-22;1-10-7-20-15(21-8-10)11-4-5-13(14(6-11)26(2,3)25)23-16-12(18)9-22-17(19)24-16;1-6-2-4-7(5-3-6)11(8,9)10;/h8-9,18-23,27H,7,10-17H2,1-6H3,(H2,40,41,42,43);13-14,16H,4-12,20H2,1-3H3;4-9H,1-3H3,(H,22,23,24);2-5H,1H3,(H,8,9,10);1H4. The first-order chi connectivity index (χ1) is 52.4. The first-order valence-corrected chi connectivity index (χ1v) is 45.5. The fourth-order valence-corrected chi connectivity index (χ4v) is 17.2. The number of methoxy groups -OCH3 is 2. The molecule has 0 radical (unpaired) electrons. The van der Waals surface area contributed by atoms with Crippen molar-refractivity contribution in [3.8, 4) is 34.3 Å². The second-order valence-electron chi connectivity index (χ2n) is 28.9. The first-order valence-electron chi connectivity index (χ1n) is 36.9. The van der Waals surface area contributed by atoms with Crippen LogP contribution in [-0.2, 0) is 32.1 Å². The SMILES string of the molecule is C.CCc1cc(N)c(OC)cc1N1CCC(N2CCN(C)CC2)CC1.CCc1cc(Nc2ncc(Br)c(Nc3ccc(-c4ncc(C)cn4)cc3P(C)(C)=O)n2)c(OC)cc1N1CCC(N2CCN(C)CC2)CC1.Cc1ccc(S(=O)(=O)O)cc1.Cc1cnc(-c2ccc(Nc3nc(Cl)ncc3Br)c(P(C)(C)=O)c2)nc1. The van der Waals surface area contributed by atoms with Gasteiger partial charge in [0.1, 0.15) is 37.4 Å². The number of hydrogen-bond acceptors (Lipinski definition) is 24. The third kappa shape index (κ3) is 23.7. The van der Waals surface area contributed by atoms with E-state index in [1.54, 1.807) is 90.2 Å². The van der Waals surface area contributed by atoms with Gasteiger partial charge in [-0.2, -0.15) is 18.4 Å². The van der Waals surface area contributed by atoms with Gasteiger partial charge in [0, 0.05) is 173 Å². The van der Waals surface area contributed by atoms with Crippen molar-refractivity contribution in [2.45, 2.75) is 97.5 Å². The maximum absolute atomic E-state index is 13.5. The summed E-state index contributed by atoms with van der Waals surface area (Å²) in [6.45, 7) is 30.9. The monoisotopic (exact) mass is 1720 g/mol. The third-order valence-electron chi connectivity index (χ3n) is 20.1. The Bertz CT molecular complexity index is 4830. The Morgan fingerprint density at radius 3 is 1.36 bits per heavy atom. The Hall–Kier alpha value is -7.72. The number of hydrogen-bond donors (Lipinski definition) is 5. The van der Waals surface area contributed by atoms with Crippen LogP contribution >= 0.6 is 57.7 Å². The molecule has 596 valence electrons. The van der Waals surface area contributed by atoms with Gasteiger partial charge in [0.05, 0.1) is 50.8 Å². The zero-order valence-corrected chi connectivity index (χ0v) is 71.6. The molecule has 0 amide bonds. The molecule has 0 bridgehead atoms. The molecule has 0 unspecified atom stereocenters. The Kier molecular flexibility index (Phi) is 30.9. The molecule has 4 aliphatic heterocycles. The molecule has 4 fully saturated rings. The summed E-state index contributed by atoms with van der Waals surface area (Å²) in [7, 11) is -1.47. The van der Waals surface area contributed by atoms with Gasteiger partial charge in [-0.3, -0.25) is 14.4 Å². The molecule has 31 heteroatoms. The number of rotatable bonds is 19. The molecule has 0 aliphatic carbocycles. The van der Waals surface area contributed by atoms with Gasteiger partial charge in [-0.25, -0.2) is 29.9 Å². The van der Waals surface area contributed by atoms with Crippen LogP contribution in [0.15, 0.2) is 136 Å². The summed E-state index contributed by atoms with van der Waals surface area (Å²) in [5, 5.41) is 11.5. The molecule has 8 heterocycles. The second-order valence-corrected chi connectivity index (χ2v) is 38.8. The molecule has 5 aromatic carbocycles. The van der Waals surface area contributed by atoms with Crippen molar-refractivity contribution < 1.29 is 31.6 Å². The molecule has 4 saturated heterocycles. The van der Waals surface area contributed by atoms with E-state index in [2.05, 4.69) is 164 Å². The van der Waals surface area contributed by atoms with E-state index < -0.39 is 24.4 Å². The van der Waals surface area contributed by atoms with Crippen LogP contribution < -0.4 is 51.6 Å². The van der Waals surface area contributed by atoms with Crippen molar-refractivity contribution in [1.82, 2.24) is 59.5 Å². The van der Waals surface area contributed by atoms with E-state index in [0.29, 0.717) is 66.2 Å². The molecule has 6 N–H and O–H groups in total. The molecule has 111 heavy (non-hydrogen) atoms. The molecule has 25 nitrogen and oxygen atoms in total. The minimum atomic E-state index is -4.02. The number of benzene rings is 5. The molecule has 0 atom stereocenters. The van der Waals surface area contributed by atoms with Gasteiger partial charge in [-0.1, -0.05) is 39.0 Å². The smallest absolute Gasteiger partial charge is 0.294 e. The van der Waals surface area contributed by atoms with E-state index in [-0.39, 0.29) is 17.6 Å². The Labute approximate surface area is 677 Å². The lowest BCUT2D eigenvalue weighted by Crippen LogP contribution is -2.52. The number of anilines is 9. The normalized spacial score (nSPS) is 15.7. The molecular formula is C80H107Br2ClN18O7P2S. The topological polar surface area (TPSA) is 292 Å². The van der Waals surface area contributed by atoms with Crippen molar-refractivity contribution in [1.29, 1.82) is 0 Å². The van der Waals surface area contributed by atoms with Gasteiger partial charge in [0.15, 0.2) is 11.6 Å². The van der Waals surface area contributed by atoms with E-state index in [9.17, 15) is 17.5 Å². The van der Waals surface area contributed by atoms with Crippen LogP contribution in [0.1, 0.15) is 74.8 Å². The number of nitrogen functional groups attached to an aromatic ring is 1. The zero-order chi connectivity index (χ0) is 79.2. The lowest BCUT2D eigenvalue weighted by molar-refractivity contribution is 0.0982. The number of nitrogens with zero attached hydrogens (tertiary/aromatic N) is 14. The number of aromatic nitrogens is 8. The largest absolute Gasteiger partial charge is 0.495 e. The van der Waals surface area contributed by atoms with Crippen LogP contribution in [0.3, 0.4) is 0 Å². The molecule has 0 saturated carbocycles.